The van der Waals surface area contributed by atoms with Crippen molar-refractivity contribution in [3.63, 3.8) is 0 Å². The fraction of sp³-hybridized carbons (Fsp3) is 0.154. The summed E-state index contributed by atoms with van der Waals surface area (Å²) in [4.78, 5) is 8.61. The lowest BCUT2D eigenvalue weighted by atomic mass is 10.3. The van der Waals surface area contributed by atoms with Crippen LogP contribution in [0.3, 0.4) is 0 Å². The van der Waals surface area contributed by atoms with Crippen molar-refractivity contribution in [1.29, 1.82) is 0 Å². The first kappa shape index (κ1) is 13.0. The molecule has 0 saturated carbocycles. The molecule has 2 heterocycles. The maximum Gasteiger partial charge on any atom is 0.252 e. The molecular formula is C13H10F2N4S. The van der Waals surface area contributed by atoms with Crippen LogP contribution in [0.1, 0.15) is 11.4 Å². The number of nitrogens with zero attached hydrogens (tertiary/aromatic N) is 4. The summed E-state index contributed by atoms with van der Waals surface area (Å²) in [6.07, 6.45) is 1.43. The number of halogens is 2. The highest BCUT2D eigenvalue weighted by atomic mass is 32.2. The summed E-state index contributed by atoms with van der Waals surface area (Å²) in [7, 11) is 0. The van der Waals surface area contributed by atoms with Gasteiger partial charge in [-0.25, -0.2) is 18.3 Å². The zero-order valence-electron chi connectivity index (χ0n) is 10.5. The highest BCUT2D eigenvalue weighted by Crippen LogP contribution is 2.26. The molecule has 102 valence electrons. The first-order valence-electron chi connectivity index (χ1n) is 5.88. The second-order valence-corrected chi connectivity index (χ2v) is 5.22. The molecule has 0 aliphatic heterocycles. The summed E-state index contributed by atoms with van der Waals surface area (Å²) in [6.45, 7) is 1.89. The average Bonchev–Trinajstić information content (AvgIpc) is 2.89. The summed E-state index contributed by atoms with van der Waals surface area (Å²) in [6, 6.07) is 5.99. The second kappa shape index (κ2) is 5.16. The van der Waals surface area contributed by atoms with Gasteiger partial charge in [0.2, 0.25) is 0 Å². The molecule has 3 aromatic rings. The third-order valence-corrected chi connectivity index (χ3v) is 3.84. The zero-order chi connectivity index (χ0) is 14.1. The van der Waals surface area contributed by atoms with E-state index in [1.165, 1.54) is 24.2 Å². The smallest absolute Gasteiger partial charge is 0.215 e. The van der Waals surface area contributed by atoms with Gasteiger partial charge in [-0.3, -0.25) is 0 Å². The highest BCUT2D eigenvalue weighted by molar-refractivity contribution is 7.98. The predicted octanol–water partition coefficient (Wildman–Crippen LogP) is 3.00. The summed E-state index contributed by atoms with van der Waals surface area (Å²) in [5.41, 5.74) is 1.64. The monoisotopic (exact) mass is 292 g/mol. The van der Waals surface area contributed by atoms with E-state index >= 15 is 0 Å². The number of fused-ring (bicyclic) bond motifs is 1. The Morgan fingerprint density at radius 3 is 3.00 bits per heavy atom. The normalized spacial score (nSPS) is 11.2. The van der Waals surface area contributed by atoms with Gasteiger partial charge in [-0.1, -0.05) is 6.07 Å². The van der Waals surface area contributed by atoms with E-state index in [4.69, 9.17) is 0 Å². The summed E-state index contributed by atoms with van der Waals surface area (Å²) >= 11 is 1.20. The van der Waals surface area contributed by atoms with Gasteiger partial charge in [0, 0.05) is 16.3 Å². The molecular weight excluding hydrogens is 282 g/mol. The van der Waals surface area contributed by atoms with E-state index in [-0.39, 0.29) is 4.90 Å². The number of hydrogen-bond acceptors (Lipinski definition) is 4. The lowest BCUT2D eigenvalue weighted by Gasteiger charge is -2.05. The molecule has 0 fully saturated rings. The van der Waals surface area contributed by atoms with Crippen LogP contribution in [0.5, 0.6) is 0 Å². The fourth-order valence-electron chi connectivity index (χ4n) is 1.84. The average molecular weight is 292 g/mol. The molecule has 0 bridgehead atoms. The van der Waals surface area contributed by atoms with Crippen molar-refractivity contribution in [2.45, 2.75) is 17.6 Å². The fourth-order valence-corrected chi connectivity index (χ4v) is 2.69. The summed E-state index contributed by atoms with van der Waals surface area (Å²) in [5.74, 6) is -0.727. The molecule has 0 amide bonds. The maximum atomic E-state index is 13.5. The molecule has 0 N–H and O–H groups in total. The second-order valence-electron chi connectivity index (χ2n) is 4.20. The third kappa shape index (κ3) is 2.36. The SMILES string of the molecule is Cc1cc(CSc2cccc(F)c2F)nc2ncnn12. The first-order valence-corrected chi connectivity index (χ1v) is 6.87. The number of benzene rings is 1. The van der Waals surface area contributed by atoms with Crippen LogP contribution in [-0.2, 0) is 5.75 Å². The Morgan fingerprint density at radius 2 is 2.15 bits per heavy atom. The number of aromatic nitrogens is 4. The topological polar surface area (TPSA) is 43.1 Å². The van der Waals surface area contributed by atoms with Crippen LogP contribution in [0.15, 0.2) is 35.5 Å². The van der Waals surface area contributed by atoms with Crippen LogP contribution in [0.4, 0.5) is 8.78 Å². The van der Waals surface area contributed by atoms with E-state index in [1.54, 1.807) is 10.6 Å². The molecule has 0 saturated heterocycles. The first-order chi connectivity index (χ1) is 9.65. The largest absolute Gasteiger partial charge is 0.252 e. The molecule has 7 heteroatoms. The number of rotatable bonds is 3. The molecule has 0 aliphatic rings. The van der Waals surface area contributed by atoms with E-state index in [0.29, 0.717) is 11.5 Å². The highest BCUT2D eigenvalue weighted by Gasteiger charge is 2.10. The van der Waals surface area contributed by atoms with Gasteiger partial charge in [-0.2, -0.15) is 10.1 Å². The number of aryl methyl sites for hydroxylation is 1. The lowest BCUT2D eigenvalue weighted by molar-refractivity contribution is 0.491. The standard InChI is InChI=1S/C13H10F2N4S/c1-8-5-9(18-13-16-7-17-19(8)13)6-20-11-4-2-3-10(14)12(11)15/h2-5,7H,6H2,1H3. The molecule has 1 aromatic carbocycles. The van der Waals surface area contributed by atoms with Crippen LogP contribution in [0.25, 0.3) is 5.78 Å². The van der Waals surface area contributed by atoms with Crippen molar-refractivity contribution in [2.24, 2.45) is 0 Å². The minimum Gasteiger partial charge on any atom is -0.215 e. The molecule has 4 nitrogen and oxygen atoms in total. The minimum atomic E-state index is -0.841. The van der Waals surface area contributed by atoms with Gasteiger partial charge in [0.05, 0.1) is 5.69 Å². The van der Waals surface area contributed by atoms with Crippen molar-refractivity contribution in [2.75, 3.05) is 0 Å². The Hall–Kier alpha value is -2.02. The number of hydrogen-bond donors (Lipinski definition) is 0. The van der Waals surface area contributed by atoms with Crippen molar-refractivity contribution in [3.05, 3.63) is 53.6 Å². The maximum absolute atomic E-state index is 13.5. The van der Waals surface area contributed by atoms with Crippen LogP contribution in [0.2, 0.25) is 0 Å². The summed E-state index contributed by atoms with van der Waals surface area (Å²) < 4.78 is 28.3. The molecule has 0 atom stereocenters. The van der Waals surface area contributed by atoms with E-state index in [2.05, 4.69) is 15.1 Å². The van der Waals surface area contributed by atoms with Crippen LogP contribution in [-0.4, -0.2) is 19.6 Å². The minimum absolute atomic E-state index is 0.269. The molecule has 0 aliphatic carbocycles. The Balaban J connectivity index is 1.84. The van der Waals surface area contributed by atoms with Gasteiger partial charge >= 0.3 is 0 Å². The van der Waals surface area contributed by atoms with Gasteiger partial charge in [0.25, 0.3) is 5.78 Å². The third-order valence-electron chi connectivity index (χ3n) is 2.77. The molecule has 0 unspecified atom stereocenters. The zero-order valence-corrected chi connectivity index (χ0v) is 11.4. The van der Waals surface area contributed by atoms with Gasteiger partial charge in [-0.05, 0) is 25.1 Å². The van der Waals surface area contributed by atoms with Crippen LogP contribution in [0, 0.1) is 18.6 Å². The Kier molecular flexibility index (Phi) is 3.35. The van der Waals surface area contributed by atoms with E-state index in [9.17, 15) is 8.78 Å². The quantitative estimate of drug-likeness (QED) is 0.696. The Morgan fingerprint density at radius 1 is 1.30 bits per heavy atom. The van der Waals surface area contributed by atoms with Gasteiger partial charge in [-0.15, -0.1) is 11.8 Å². The van der Waals surface area contributed by atoms with E-state index < -0.39 is 11.6 Å². The van der Waals surface area contributed by atoms with Crippen molar-refractivity contribution < 1.29 is 8.78 Å². The van der Waals surface area contributed by atoms with Crippen LogP contribution < -0.4 is 0 Å². The van der Waals surface area contributed by atoms with Crippen LogP contribution >= 0.6 is 11.8 Å². The Bertz CT molecular complexity index is 772. The van der Waals surface area contributed by atoms with E-state index in [1.807, 2.05) is 13.0 Å². The molecule has 0 spiro atoms. The number of thioether (sulfide) groups is 1. The van der Waals surface area contributed by atoms with Gasteiger partial charge < -0.3 is 0 Å². The Labute approximate surface area is 117 Å². The summed E-state index contributed by atoms with van der Waals surface area (Å²) in [5, 5.41) is 4.03. The van der Waals surface area contributed by atoms with Gasteiger partial charge in [0.15, 0.2) is 11.6 Å². The lowest BCUT2D eigenvalue weighted by Crippen LogP contribution is -1.99. The van der Waals surface area contributed by atoms with Gasteiger partial charge in [0.1, 0.15) is 6.33 Å². The van der Waals surface area contributed by atoms with Crippen molar-refractivity contribution in [3.8, 4) is 0 Å². The molecule has 3 rings (SSSR count). The van der Waals surface area contributed by atoms with Crippen molar-refractivity contribution >= 4 is 17.5 Å². The molecule has 2 aromatic heterocycles. The van der Waals surface area contributed by atoms with E-state index in [0.717, 1.165) is 17.5 Å². The predicted molar refractivity (Wildman–Crippen MR) is 71.4 cm³/mol. The molecule has 20 heavy (non-hydrogen) atoms. The van der Waals surface area contributed by atoms with Crippen molar-refractivity contribution in [1.82, 2.24) is 19.6 Å². The molecule has 0 radical (unpaired) electrons.